The van der Waals surface area contributed by atoms with Crippen LogP contribution in [0, 0.1) is 11.3 Å². The molecule has 0 unspecified atom stereocenters. The topological polar surface area (TPSA) is 91.7 Å². The van der Waals surface area contributed by atoms with Gasteiger partial charge in [-0.2, -0.15) is 10.4 Å². The Morgan fingerprint density at radius 1 is 1.33 bits per heavy atom. The predicted octanol–water partition coefficient (Wildman–Crippen LogP) is 2.62. The van der Waals surface area contributed by atoms with Crippen molar-refractivity contribution in [1.29, 1.82) is 5.26 Å². The van der Waals surface area contributed by atoms with Crippen LogP contribution in [-0.4, -0.2) is 21.2 Å². The molecule has 0 saturated heterocycles. The normalized spacial score (nSPS) is 15.1. The molecule has 1 aliphatic rings. The average molecular weight is 318 g/mol. The number of ether oxygens (including phenoxy) is 1. The second-order valence-corrected chi connectivity index (χ2v) is 6.40. The van der Waals surface area contributed by atoms with Crippen molar-refractivity contribution in [2.75, 3.05) is 0 Å². The molecule has 0 atom stereocenters. The fraction of sp³-hybridized carbons (Fsp3) is 0.222. The minimum absolute atomic E-state index is 0.258. The van der Waals surface area contributed by atoms with Crippen molar-refractivity contribution >= 4 is 16.7 Å². The van der Waals surface area contributed by atoms with Gasteiger partial charge in [0.25, 0.3) is 0 Å². The Morgan fingerprint density at radius 3 is 2.88 bits per heavy atom. The Balaban J connectivity index is 1.97. The van der Waals surface area contributed by atoms with E-state index >= 15 is 0 Å². The fourth-order valence-electron chi connectivity index (χ4n) is 3.20. The maximum atomic E-state index is 12.2. The SMILES string of the molecule is CC1(C)C(=O)Oc2ccc3cc(C#N)c(Cc4ncn[nH]4)cc3c21. The standard InChI is InChI=1S/C18H14N4O2/c1-18(2)16-13-6-11(7-15-20-9-21-22-15)12(8-19)5-10(13)3-4-14(16)24-17(18)23/h3-6,9H,7H2,1-2H3,(H,20,21,22). The molecule has 118 valence electrons. The number of nitrogens with zero attached hydrogens (tertiary/aromatic N) is 3. The van der Waals surface area contributed by atoms with Gasteiger partial charge in [0.1, 0.15) is 17.9 Å². The van der Waals surface area contributed by atoms with Crippen LogP contribution in [0.15, 0.2) is 30.6 Å². The van der Waals surface area contributed by atoms with Crippen molar-refractivity contribution in [2.24, 2.45) is 0 Å². The van der Waals surface area contributed by atoms with E-state index in [1.165, 1.54) is 6.33 Å². The van der Waals surface area contributed by atoms with Crippen LogP contribution in [0.2, 0.25) is 0 Å². The van der Waals surface area contributed by atoms with Gasteiger partial charge in [-0.3, -0.25) is 9.89 Å². The third-order valence-corrected chi connectivity index (χ3v) is 4.49. The van der Waals surface area contributed by atoms with Crippen molar-refractivity contribution in [3.05, 3.63) is 53.1 Å². The van der Waals surface area contributed by atoms with Gasteiger partial charge in [0, 0.05) is 12.0 Å². The molecule has 0 saturated carbocycles. The summed E-state index contributed by atoms with van der Waals surface area (Å²) < 4.78 is 5.40. The van der Waals surface area contributed by atoms with Crippen LogP contribution in [-0.2, 0) is 16.6 Å². The Bertz CT molecular complexity index is 1010. The first-order valence-electron chi connectivity index (χ1n) is 7.57. The van der Waals surface area contributed by atoms with E-state index in [0.717, 1.165) is 21.9 Å². The molecule has 24 heavy (non-hydrogen) atoms. The Hall–Kier alpha value is -3.20. The number of esters is 1. The van der Waals surface area contributed by atoms with E-state index in [9.17, 15) is 10.1 Å². The largest absolute Gasteiger partial charge is 0.426 e. The number of benzene rings is 2. The molecular formula is C18H14N4O2. The highest BCUT2D eigenvalue weighted by Gasteiger charge is 2.42. The molecule has 0 fully saturated rings. The lowest BCUT2D eigenvalue weighted by molar-refractivity contribution is -0.137. The molecule has 2 heterocycles. The van der Waals surface area contributed by atoms with Crippen LogP contribution >= 0.6 is 0 Å². The number of aromatic amines is 1. The summed E-state index contributed by atoms with van der Waals surface area (Å²) in [6.07, 6.45) is 1.91. The van der Waals surface area contributed by atoms with E-state index in [4.69, 9.17) is 4.74 Å². The number of aromatic nitrogens is 3. The van der Waals surface area contributed by atoms with Crippen molar-refractivity contribution in [3.63, 3.8) is 0 Å². The summed E-state index contributed by atoms with van der Waals surface area (Å²) in [5, 5.41) is 18.0. The lowest BCUT2D eigenvalue weighted by Crippen LogP contribution is -2.26. The highest BCUT2D eigenvalue weighted by Crippen LogP contribution is 2.44. The lowest BCUT2D eigenvalue weighted by atomic mass is 9.82. The van der Waals surface area contributed by atoms with Crippen LogP contribution < -0.4 is 4.74 Å². The molecule has 3 aromatic rings. The summed E-state index contributed by atoms with van der Waals surface area (Å²) in [5.74, 6) is 1.02. The molecule has 0 amide bonds. The van der Waals surface area contributed by atoms with Gasteiger partial charge < -0.3 is 4.74 Å². The van der Waals surface area contributed by atoms with Crippen LogP contribution in [0.5, 0.6) is 5.75 Å². The number of hydrogen-bond donors (Lipinski definition) is 1. The van der Waals surface area contributed by atoms with Gasteiger partial charge in [-0.1, -0.05) is 6.07 Å². The van der Waals surface area contributed by atoms with Gasteiger partial charge in [0.2, 0.25) is 0 Å². The van der Waals surface area contributed by atoms with Crippen LogP contribution in [0.1, 0.15) is 36.4 Å². The van der Waals surface area contributed by atoms with Gasteiger partial charge in [-0.15, -0.1) is 0 Å². The highest BCUT2D eigenvalue weighted by molar-refractivity contribution is 6.00. The van der Waals surface area contributed by atoms with Crippen LogP contribution in [0.25, 0.3) is 10.8 Å². The fourth-order valence-corrected chi connectivity index (χ4v) is 3.20. The molecule has 0 bridgehead atoms. The molecule has 1 N–H and O–H groups in total. The molecule has 6 nitrogen and oxygen atoms in total. The Kier molecular flexibility index (Phi) is 2.94. The number of fused-ring (bicyclic) bond motifs is 3. The van der Waals surface area contributed by atoms with E-state index < -0.39 is 5.41 Å². The van der Waals surface area contributed by atoms with Crippen LogP contribution in [0.3, 0.4) is 0 Å². The van der Waals surface area contributed by atoms with Gasteiger partial charge in [-0.05, 0) is 48.4 Å². The van der Waals surface area contributed by atoms with Crippen molar-refractivity contribution in [1.82, 2.24) is 15.2 Å². The highest BCUT2D eigenvalue weighted by atomic mass is 16.5. The predicted molar refractivity (Wildman–Crippen MR) is 86.5 cm³/mol. The summed E-state index contributed by atoms with van der Waals surface area (Å²) >= 11 is 0. The molecule has 1 aromatic heterocycles. The third-order valence-electron chi connectivity index (χ3n) is 4.49. The lowest BCUT2D eigenvalue weighted by Gasteiger charge is -2.16. The number of nitrogens with one attached hydrogen (secondary N) is 1. The molecule has 0 spiro atoms. The summed E-state index contributed by atoms with van der Waals surface area (Å²) in [6, 6.07) is 9.71. The number of carbonyl (C=O) groups excluding carboxylic acids is 1. The average Bonchev–Trinajstić information content (AvgIpc) is 3.14. The molecular weight excluding hydrogens is 304 g/mol. The summed E-state index contributed by atoms with van der Waals surface area (Å²) in [6.45, 7) is 3.71. The zero-order valence-electron chi connectivity index (χ0n) is 13.3. The number of hydrogen-bond acceptors (Lipinski definition) is 5. The van der Waals surface area contributed by atoms with E-state index in [1.807, 2.05) is 32.0 Å². The quantitative estimate of drug-likeness (QED) is 0.579. The third kappa shape index (κ3) is 1.98. The van der Waals surface area contributed by atoms with E-state index in [0.29, 0.717) is 23.6 Å². The van der Waals surface area contributed by atoms with Gasteiger partial charge in [0.15, 0.2) is 0 Å². The van der Waals surface area contributed by atoms with E-state index in [2.05, 4.69) is 21.3 Å². The number of nitriles is 1. The second-order valence-electron chi connectivity index (χ2n) is 6.40. The smallest absolute Gasteiger partial charge is 0.321 e. The molecule has 4 rings (SSSR count). The number of rotatable bonds is 2. The minimum atomic E-state index is -0.716. The van der Waals surface area contributed by atoms with Crippen molar-refractivity contribution in [3.8, 4) is 11.8 Å². The molecule has 1 aliphatic heterocycles. The Labute approximate surface area is 138 Å². The van der Waals surface area contributed by atoms with Crippen molar-refractivity contribution < 1.29 is 9.53 Å². The van der Waals surface area contributed by atoms with Gasteiger partial charge in [0.05, 0.1) is 17.0 Å². The zero-order chi connectivity index (χ0) is 16.9. The maximum Gasteiger partial charge on any atom is 0.321 e. The molecule has 2 aromatic carbocycles. The maximum absolute atomic E-state index is 12.2. The first-order chi connectivity index (χ1) is 11.5. The number of H-pyrrole nitrogens is 1. The summed E-state index contributed by atoms with van der Waals surface area (Å²) in [4.78, 5) is 16.3. The van der Waals surface area contributed by atoms with E-state index in [1.54, 1.807) is 6.07 Å². The van der Waals surface area contributed by atoms with Gasteiger partial charge in [-0.25, -0.2) is 4.98 Å². The first kappa shape index (κ1) is 14.4. The summed E-state index contributed by atoms with van der Waals surface area (Å²) in [5.41, 5.74) is 1.58. The molecule has 0 radical (unpaired) electrons. The first-order valence-corrected chi connectivity index (χ1v) is 7.57. The second kappa shape index (κ2) is 4.90. The van der Waals surface area contributed by atoms with E-state index in [-0.39, 0.29) is 5.97 Å². The molecule has 6 heteroatoms. The Morgan fingerprint density at radius 2 is 2.17 bits per heavy atom. The van der Waals surface area contributed by atoms with Gasteiger partial charge >= 0.3 is 5.97 Å². The minimum Gasteiger partial charge on any atom is -0.426 e. The number of carbonyl (C=O) groups is 1. The van der Waals surface area contributed by atoms with Crippen LogP contribution in [0.4, 0.5) is 0 Å². The molecule has 0 aliphatic carbocycles. The summed E-state index contributed by atoms with van der Waals surface area (Å²) in [7, 11) is 0. The monoisotopic (exact) mass is 318 g/mol. The zero-order valence-corrected chi connectivity index (χ0v) is 13.3. The van der Waals surface area contributed by atoms with Crippen molar-refractivity contribution in [2.45, 2.75) is 25.7 Å².